The Morgan fingerprint density at radius 1 is 0.845 bits per heavy atom. The molecule has 3 aromatic rings. The molecule has 15 nitrogen and oxygen atoms in total. The number of hydrogen-bond donors (Lipinski definition) is 2. The molecule has 314 valence electrons. The van der Waals surface area contributed by atoms with Crippen LogP contribution in [0, 0.1) is 0 Å². The van der Waals surface area contributed by atoms with E-state index >= 15 is 0 Å². The SMILES string of the molecule is CCC(=O)OCC(COP(=O)(O)OCCCC(=O)OCCOCCCC(=O)COc1ccc2c(c1)C(=O)/C(=C/c1ccc(-c3ccc(CO)cc3)s1)C2)OC(=O)CC. The van der Waals surface area contributed by atoms with E-state index in [2.05, 4.69) is 0 Å². The maximum atomic E-state index is 13.2. The van der Waals surface area contributed by atoms with Gasteiger partial charge in [-0.3, -0.25) is 33.0 Å². The van der Waals surface area contributed by atoms with E-state index in [4.69, 9.17) is 32.7 Å². The Kier molecular flexibility index (Phi) is 18.9. The summed E-state index contributed by atoms with van der Waals surface area (Å²) in [5, 5.41) is 9.29. The number of carbonyl (C=O) groups is 5. The van der Waals surface area contributed by atoms with Gasteiger partial charge in [0.25, 0.3) is 0 Å². The Morgan fingerprint density at radius 2 is 1.60 bits per heavy atom. The van der Waals surface area contributed by atoms with Crippen LogP contribution in [0.15, 0.2) is 60.2 Å². The highest BCUT2D eigenvalue weighted by Crippen LogP contribution is 2.43. The van der Waals surface area contributed by atoms with Crippen molar-refractivity contribution in [3.05, 3.63) is 81.7 Å². The number of allylic oxidation sites excluding steroid dienone is 1. The predicted octanol–water partition coefficient (Wildman–Crippen LogP) is 6.21. The van der Waals surface area contributed by atoms with Crippen LogP contribution in [0.3, 0.4) is 0 Å². The van der Waals surface area contributed by atoms with Crippen LogP contribution in [-0.2, 0) is 64.8 Å². The fourth-order valence-corrected chi connectivity index (χ4v) is 7.17. The summed E-state index contributed by atoms with van der Waals surface area (Å²) in [7, 11) is -4.56. The van der Waals surface area contributed by atoms with E-state index < -0.39 is 38.4 Å². The maximum absolute atomic E-state index is 13.2. The van der Waals surface area contributed by atoms with Crippen LogP contribution in [0.25, 0.3) is 16.5 Å². The summed E-state index contributed by atoms with van der Waals surface area (Å²) < 4.78 is 48.1. The van der Waals surface area contributed by atoms with Gasteiger partial charge in [-0.1, -0.05) is 44.2 Å². The van der Waals surface area contributed by atoms with E-state index in [1.807, 2.05) is 48.5 Å². The lowest BCUT2D eigenvalue weighted by Gasteiger charge is -2.19. The molecule has 0 aliphatic heterocycles. The van der Waals surface area contributed by atoms with E-state index in [1.165, 1.54) is 0 Å². The number of carbonyl (C=O) groups excluding carboxylic acids is 5. The first-order chi connectivity index (χ1) is 27.9. The van der Waals surface area contributed by atoms with Gasteiger partial charge in [-0.25, -0.2) is 4.57 Å². The average molecular weight is 845 g/mol. The number of aliphatic hydroxyl groups excluding tert-OH is 1. The normalized spacial score (nSPS) is 14.4. The number of benzene rings is 2. The molecule has 0 amide bonds. The number of Topliss-reactive ketones (excluding diaryl/α,β-unsaturated/α-hetero) is 2. The second-order valence-electron chi connectivity index (χ2n) is 13.0. The number of ketones is 2. The Morgan fingerprint density at radius 3 is 2.34 bits per heavy atom. The average Bonchev–Trinajstić information content (AvgIpc) is 3.82. The third-order valence-corrected chi connectivity index (χ3v) is 10.6. The van der Waals surface area contributed by atoms with Crippen molar-refractivity contribution in [3.63, 3.8) is 0 Å². The number of fused-ring (bicyclic) bond motifs is 1. The van der Waals surface area contributed by atoms with Crippen molar-refractivity contribution in [2.24, 2.45) is 0 Å². The van der Waals surface area contributed by atoms with E-state index in [9.17, 15) is 38.5 Å². The van der Waals surface area contributed by atoms with Gasteiger partial charge in [0.2, 0.25) is 0 Å². The molecule has 58 heavy (non-hydrogen) atoms. The molecule has 0 saturated heterocycles. The molecule has 1 heterocycles. The molecule has 1 aromatic heterocycles. The highest BCUT2D eigenvalue weighted by atomic mass is 32.1. The van der Waals surface area contributed by atoms with Gasteiger partial charge >= 0.3 is 25.7 Å². The second kappa shape index (κ2) is 23.8. The van der Waals surface area contributed by atoms with Gasteiger partial charge in [0.1, 0.15) is 25.6 Å². The van der Waals surface area contributed by atoms with Gasteiger partial charge in [0.15, 0.2) is 17.7 Å². The van der Waals surface area contributed by atoms with Crippen molar-refractivity contribution in [1.82, 2.24) is 0 Å². The summed E-state index contributed by atoms with van der Waals surface area (Å²) in [5.74, 6) is -1.50. The topological polar surface area (TPSA) is 207 Å². The molecule has 2 aromatic carbocycles. The number of phosphoric ester groups is 1. The zero-order chi connectivity index (χ0) is 41.9. The number of hydrogen-bond acceptors (Lipinski definition) is 15. The van der Waals surface area contributed by atoms with Gasteiger partial charge < -0.3 is 33.7 Å². The first-order valence-corrected chi connectivity index (χ1v) is 21.2. The monoisotopic (exact) mass is 844 g/mol. The molecular weight excluding hydrogens is 795 g/mol. The molecule has 0 saturated carbocycles. The summed E-state index contributed by atoms with van der Waals surface area (Å²) in [5.41, 5.74) is 4.03. The lowest BCUT2D eigenvalue weighted by atomic mass is 10.1. The van der Waals surface area contributed by atoms with Crippen LogP contribution in [0.4, 0.5) is 0 Å². The molecule has 2 unspecified atom stereocenters. The van der Waals surface area contributed by atoms with Crippen molar-refractivity contribution in [3.8, 4) is 16.2 Å². The smallest absolute Gasteiger partial charge is 0.472 e. The van der Waals surface area contributed by atoms with Crippen molar-refractivity contribution < 1.29 is 71.3 Å². The molecule has 0 bridgehead atoms. The molecule has 2 N–H and O–H groups in total. The molecule has 17 heteroatoms. The lowest BCUT2D eigenvalue weighted by Crippen LogP contribution is -2.29. The number of aliphatic hydroxyl groups is 1. The summed E-state index contributed by atoms with van der Waals surface area (Å²) in [4.78, 5) is 72.6. The Bertz CT molecular complexity index is 1940. The molecule has 0 fully saturated rings. The van der Waals surface area contributed by atoms with Gasteiger partial charge in [-0.05, 0) is 59.9 Å². The highest BCUT2D eigenvalue weighted by Gasteiger charge is 2.27. The predicted molar refractivity (Wildman–Crippen MR) is 212 cm³/mol. The Balaban J connectivity index is 1.05. The van der Waals surface area contributed by atoms with Crippen LogP contribution in [0.2, 0.25) is 0 Å². The molecule has 0 radical (unpaired) electrons. The molecule has 2 atom stereocenters. The van der Waals surface area contributed by atoms with Crippen molar-refractivity contribution in [1.29, 1.82) is 0 Å². The molecule has 1 aliphatic carbocycles. The lowest BCUT2D eigenvalue weighted by molar-refractivity contribution is -0.160. The minimum atomic E-state index is -4.56. The highest BCUT2D eigenvalue weighted by molar-refractivity contribution is 7.47. The summed E-state index contributed by atoms with van der Waals surface area (Å²) in [6.07, 6.45) is 2.04. The van der Waals surface area contributed by atoms with Crippen LogP contribution in [0.1, 0.15) is 78.7 Å². The van der Waals surface area contributed by atoms with Crippen LogP contribution in [-0.4, -0.2) is 91.8 Å². The molecular formula is C41H49O15PS. The van der Waals surface area contributed by atoms with Crippen LogP contribution in [0.5, 0.6) is 5.75 Å². The molecule has 0 spiro atoms. The minimum Gasteiger partial charge on any atom is -0.486 e. The van der Waals surface area contributed by atoms with Gasteiger partial charge in [0, 0.05) is 59.6 Å². The summed E-state index contributed by atoms with van der Waals surface area (Å²) in [6.45, 7) is 2.11. The zero-order valence-electron chi connectivity index (χ0n) is 32.5. The van der Waals surface area contributed by atoms with Crippen LogP contribution >= 0.6 is 19.2 Å². The third-order valence-electron chi connectivity index (χ3n) is 8.51. The van der Waals surface area contributed by atoms with Crippen LogP contribution < -0.4 is 4.74 Å². The summed E-state index contributed by atoms with van der Waals surface area (Å²) in [6, 6.07) is 17.0. The fourth-order valence-electron chi connectivity index (χ4n) is 5.40. The molecule has 4 rings (SSSR count). The van der Waals surface area contributed by atoms with E-state index in [0.717, 1.165) is 26.4 Å². The van der Waals surface area contributed by atoms with Gasteiger partial charge in [0.05, 0.1) is 26.4 Å². The Labute approximate surface area is 340 Å². The number of rotatable bonds is 26. The third kappa shape index (κ3) is 15.7. The van der Waals surface area contributed by atoms with E-state index in [-0.39, 0.29) is 89.9 Å². The molecule has 1 aliphatic rings. The summed E-state index contributed by atoms with van der Waals surface area (Å²) >= 11 is 1.58. The second-order valence-corrected chi connectivity index (χ2v) is 15.6. The maximum Gasteiger partial charge on any atom is 0.472 e. The first kappa shape index (κ1) is 46.2. The van der Waals surface area contributed by atoms with Crippen molar-refractivity contribution >= 4 is 54.7 Å². The first-order valence-electron chi connectivity index (χ1n) is 18.9. The number of phosphoric acid groups is 1. The number of ether oxygens (including phenoxy) is 5. The zero-order valence-corrected chi connectivity index (χ0v) is 34.2. The van der Waals surface area contributed by atoms with Gasteiger partial charge in [-0.2, -0.15) is 0 Å². The largest absolute Gasteiger partial charge is 0.486 e. The Hall–Kier alpha value is -4.54. The minimum absolute atomic E-state index is 0.00743. The standard InChI is InChI=1S/C41H49O15PS/c1-3-38(44)53-26-34(56-39(45)4-2)27-55-57(48,49)54-18-6-8-40(46)51-20-19-50-17-5-7-32(43)25-52-33-14-13-30-21-31(41(47)36(30)23-33)22-35-15-16-37(58-35)29-11-9-28(24-42)10-12-29/h9-16,22-23,34,42H,3-8,17-21,24-27H2,1-2H3,(H,48,49)/b31-22+. The fraction of sp³-hybridized carbons (Fsp3) is 0.439. The van der Waals surface area contributed by atoms with Crippen molar-refractivity contribution in [2.75, 3.05) is 46.2 Å². The van der Waals surface area contributed by atoms with E-state index in [1.54, 1.807) is 37.3 Å². The quantitative estimate of drug-likeness (QED) is 0.0303. The number of esters is 3. The van der Waals surface area contributed by atoms with E-state index in [0.29, 0.717) is 29.7 Å². The number of thiophene rings is 1. The van der Waals surface area contributed by atoms with Crippen molar-refractivity contribution in [2.45, 2.75) is 71.5 Å². The van der Waals surface area contributed by atoms with Gasteiger partial charge in [-0.15, -0.1) is 11.3 Å².